The van der Waals surface area contributed by atoms with Gasteiger partial charge in [-0.3, -0.25) is 5.32 Å². The van der Waals surface area contributed by atoms with Crippen LogP contribution in [0.3, 0.4) is 0 Å². The van der Waals surface area contributed by atoms with E-state index in [1.807, 2.05) is 0 Å². The molecule has 1 N–H and O–H groups in total. The Morgan fingerprint density at radius 3 is 3.09 bits per heavy atom. The van der Waals surface area contributed by atoms with E-state index in [2.05, 4.69) is 18.2 Å². The number of ether oxygens (including phenoxy) is 1. The van der Waals surface area contributed by atoms with E-state index in [0.29, 0.717) is 6.04 Å². The van der Waals surface area contributed by atoms with Gasteiger partial charge in [0.1, 0.15) is 0 Å². The van der Waals surface area contributed by atoms with E-state index in [1.165, 1.54) is 0 Å². The molecule has 2 unspecified atom stereocenters. The van der Waals surface area contributed by atoms with Gasteiger partial charge in [0.15, 0.2) is 0 Å². The highest BCUT2D eigenvalue weighted by atomic mass is 16.5. The zero-order valence-corrected chi connectivity index (χ0v) is 6.97. The van der Waals surface area contributed by atoms with Crippen LogP contribution in [0.5, 0.6) is 0 Å². The lowest BCUT2D eigenvalue weighted by Gasteiger charge is -2.15. The average molecular weight is 153 g/mol. The summed E-state index contributed by atoms with van der Waals surface area (Å²) in [6, 6.07) is 0.706. The monoisotopic (exact) mass is 153 g/mol. The van der Waals surface area contributed by atoms with E-state index in [9.17, 15) is 0 Å². The first-order valence-electron chi connectivity index (χ1n) is 4.16. The Balaban J connectivity index is 2.23. The summed E-state index contributed by atoms with van der Waals surface area (Å²) < 4.78 is 5.22. The van der Waals surface area contributed by atoms with Gasteiger partial charge in [0.25, 0.3) is 0 Å². The minimum atomic E-state index is 0.224. The lowest BCUT2D eigenvalue weighted by Crippen LogP contribution is -2.37. The van der Waals surface area contributed by atoms with Crippen molar-refractivity contribution in [3.8, 4) is 12.3 Å². The predicted octanol–water partition coefficient (Wildman–Crippen LogP) is 0.777. The van der Waals surface area contributed by atoms with Gasteiger partial charge in [0, 0.05) is 12.6 Å². The van der Waals surface area contributed by atoms with Gasteiger partial charge in [-0.25, -0.2) is 0 Å². The Bertz CT molecular complexity index is 144. The molecule has 0 aliphatic carbocycles. The minimum Gasteiger partial charge on any atom is -0.380 e. The lowest BCUT2D eigenvalue weighted by molar-refractivity contribution is 0.189. The fourth-order valence-corrected chi connectivity index (χ4v) is 1.23. The predicted molar refractivity (Wildman–Crippen MR) is 45.3 cm³/mol. The van der Waals surface area contributed by atoms with Crippen molar-refractivity contribution in [1.29, 1.82) is 0 Å². The van der Waals surface area contributed by atoms with E-state index in [-0.39, 0.29) is 6.04 Å². The molecule has 62 valence electrons. The molecule has 1 fully saturated rings. The number of nitrogens with one attached hydrogen (secondary N) is 1. The van der Waals surface area contributed by atoms with Crippen LogP contribution < -0.4 is 5.32 Å². The first kappa shape index (κ1) is 8.58. The highest BCUT2D eigenvalue weighted by Crippen LogP contribution is 2.04. The molecule has 1 aliphatic rings. The maximum atomic E-state index is 5.31. The van der Waals surface area contributed by atoms with Crippen LogP contribution in [-0.4, -0.2) is 25.3 Å². The summed E-state index contributed by atoms with van der Waals surface area (Å²) in [6.45, 7) is 3.78. The summed E-state index contributed by atoms with van der Waals surface area (Å²) in [6.07, 6.45) is 7.40. The molecule has 2 heteroatoms. The quantitative estimate of drug-likeness (QED) is 0.605. The van der Waals surface area contributed by atoms with Gasteiger partial charge in [-0.05, 0) is 12.8 Å². The van der Waals surface area contributed by atoms with E-state index in [1.54, 1.807) is 0 Å². The molecule has 0 spiro atoms. The number of rotatable bonds is 3. The van der Waals surface area contributed by atoms with Crippen molar-refractivity contribution in [3.63, 3.8) is 0 Å². The molecule has 1 rings (SSSR count). The molecule has 0 radical (unpaired) electrons. The molecule has 2 nitrogen and oxygen atoms in total. The Morgan fingerprint density at radius 2 is 2.64 bits per heavy atom. The second-order valence-corrected chi connectivity index (χ2v) is 2.85. The molecule has 2 atom stereocenters. The highest BCUT2D eigenvalue weighted by Gasteiger charge is 2.17. The van der Waals surface area contributed by atoms with Crippen LogP contribution in [0.25, 0.3) is 0 Å². The molecule has 0 amide bonds. The van der Waals surface area contributed by atoms with Crippen LogP contribution in [0, 0.1) is 12.3 Å². The Morgan fingerprint density at radius 1 is 1.82 bits per heavy atom. The van der Waals surface area contributed by atoms with Gasteiger partial charge in [0.05, 0.1) is 12.6 Å². The Kier molecular flexibility index (Phi) is 3.41. The standard InChI is InChI=1S/C9H15NO/c1-3-8(4-2)10-9-5-6-11-7-9/h1,8-10H,4-7H2,2H3. The molecule has 0 aromatic carbocycles. The highest BCUT2D eigenvalue weighted by molar-refractivity contribution is 4.99. The summed E-state index contributed by atoms with van der Waals surface area (Å²) in [4.78, 5) is 0. The second-order valence-electron chi connectivity index (χ2n) is 2.85. The van der Waals surface area contributed by atoms with Crippen LogP contribution in [0.4, 0.5) is 0 Å². The molecule has 1 heterocycles. The molecule has 0 aromatic rings. The first-order chi connectivity index (χ1) is 5.36. The third kappa shape index (κ3) is 2.53. The first-order valence-corrected chi connectivity index (χ1v) is 4.16. The van der Waals surface area contributed by atoms with Gasteiger partial charge in [-0.2, -0.15) is 0 Å². The van der Waals surface area contributed by atoms with Crippen molar-refractivity contribution in [2.45, 2.75) is 31.8 Å². The fourth-order valence-electron chi connectivity index (χ4n) is 1.23. The van der Waals surface area contributed by atoms with Crippen molar-refractivity contribution in [1.82, 2.24) is 5.32 Å². The molecule has 1 saturated heterocycles. The maximum absolute atomic E-state index is 5.31. The van der Waals surface area contributed by atoms with Crippen LogP contribution in [0.15, 0.2) is 0 Å². The van der Waals surface area contributed by atoms with E-state index >= 15 is 0 Å². The molecule has 1 aliphatic heterocycles. The van der Waals surface area contributed by atoms with Crippen molar-refractivity contribution >= 4 is 0 Å². The van der Waals surface area contributed by atoms with E-state index in [0.717, 1.165) is 26.1 Å². The molecule has 0 bridgehead atoms. The Hall–Kier alpha value is -0.520. The second kappa shape index (κ2) is 4.38. The van der Waals surface area contributed by atoms with Crippen molar-refractivity contribution < 1.29 is 4.74 Å². The molecule has 0 saturated carbocycles. The molecule has 11 heavy (non-hydrogen) atoms. The van der Waals surface area contributed by atoms with Crippen molar-refractivity contribution in [2.75, 3.05) is 13.2 Å². The third-order valence-electron chi connectivity index (χ3n) is 1.98. The summed E-state index contributed by atoms with van der Waals surface area (Å²) in [5.74, 6) is 2.71. The average Bonchev–Trinajstić information content (AvgIpc) is 2.52. The van der Waals surface area contributed by atoms with Crippen molar-refractivity contribution in [3.05, 3.63) is 0 Å². The molecule has 0 aromatic heterocycles. The zero-order chi connectivity index (χ0) is 8.10. The maximum Gasteiger partial charge on any atom is 0.0687 e. The van der Waals surface area contributed by atoms with Gasteiger partial charge in [-0.1, -0.05) is 12.8 Å². The van der Waals surface area contributed by atoms with E-state index in [4.69, 9.17) is 11.2 Å². The number of hydrogen-bond donors (Lipinski definition) is 1. The van der Waals surface area contributed by atoms with Gasteiger partial charge in [-0.15, -0.1) is 6.42 Å². The molecular weight excluding hydrogens is 138 g/mol. The smallest absolute Gasteiger partial charge is 0.0687 e. The summed E-state index contributed by atoms with van der Waals surface area (Å²) >= 11 is 0. The van der Waals surface area contributed by atoms with E-state index < -0.39 is 0 Å². The fraction of sp³-hybridized carbons (Fsp3) is 0.778. The SMILES string of the molecule is C#CC(CC)NC1CCOC1. The summed E-state index contributed by atoms with van der Waals surface area (Å²) in [7, 11) is 0. The Labute approximate surface area is 68.3 Å². The summed E-state index contributed by atoms with van der Waals surface area (Å²) in [5, 5.41) is 3.35. The third-order valence-corrected chi connectivity index (χ3v) is 1.98. The molecular formula is C9H15NO. The number of hydrogen-bond acceptors (Lipinski definition) is 2. The van der Waals surface area contributed by atoms with Crippen LogP contribution >= 0.6 is 0 Å². The van der Waals surface area contributed by atoms with Crippen molar-refractivity contribution in [2.24, 2.45) is 0 Å². The number of terminal acetylenes is 1. The minimum absolute atomic E-state index is 0.224. The van der Waals surface area contributed by atoms with Crippen LogP contribution in [0.2, 0.25) is 0 Å². The van der Waals surface area contributed by atoms with Crippen LogP contribution in [0.1, 0.15) is 19.8 Å². The van der Waals surface area contributed by atoms with Crippen LogP contribution in [-0.2, 0) is 4.74 Å². The topological polar surface area (TPSA) is 21.3 Å². The zero-order valence-electron chi connectivity index (χ0n) is 6.97. The summed E-state index contributed by atoms with van der Waals surface area (Å²) in [5.41, 5.74) is 0. The normalized spacial score (nSPS) is 26.4. The lowest BCUT2D eigenvalue weighted by atomic mass is 10.2. The van der Waals surface area contributed by atoms with Gasteiger partial charge >= 0.3 is 0 Å². The van der Waals surface area contributed by atoms with Gasteiger partial charge < -0.3 is 4.74 Å². The van der Waals surface area contributed by atoms with Gasteiger partial charge in [0.2, 0.25) is 0 Å². The largest absolute Gasteiger partial charge is 0.380 e.